The Morgan fingerprint density at radius 3 is 0.927 bits per heavy atom. The van der Waals surface area contributed by atoms with E-state index in [2.05, 4.69) is 20.8 Å². The molecule has 6 fully saturated rings. The standard InChI is InChI=1S/2C31H37ClFN5O4.C29H34ClN5O4/c2*1-30(2,3)21-15-24(20-10-11-23(33)22(32)14-20)35-38-16-25(34-26(21)38)28(40)37-13-12-36(17-31(37,4)5)27(39)18-6-8-19(9-7-18)29(41)42;1-28(2,3)21-14-22(17-6-8-20(30)9-7-17)32-35-15-23(31-24(21)35)26(37)34-11-10-33(16-29(34,4)5)25(36)18-12-19(13-18)27(38)39/h2*10-11,14-16,18-19H,6-9,12-13,17H2,1-5H3,(H,41,42);6-9,14-15,18-19H,10-13,16H2,1-5H3,(H,38,39). The quantitative estimate of drug-likeness (QED) is 0.102. The zero-order chi connectivity index (χ0) is 89.4. The molecule has 27 nitrogen and oxygen atoms in total. The molecule has 0 radical (unpaired) electrons. The number of amides is 6. The molecule has 15 rings (SSSR count). The van der Waals surface area contributed by atoms with Gasteiger partial charge in [0.25, 0.3) is 17.7 Å². The van der Waals surface area contributed by atoms with E-state index >= 15 is 0 Å². The zero-order valence-corrected chi connectivity index (χ0v) is 74.5. The van der Waals surface area contributed by atoms with Crippen molar-refractivity contribution >= 4 is 105 Å². The predicted octanol–water partition coefficient (Wildman–Crippen LogP) is 15.4. The Morgan fingerprint density at radius 2 is 0.650 bits per heavy atom. The van der Waals surface area contributed by atoms with Gasteiger partial charge in [-0.05, 0) is 189 Å². The summed E-state index contributed by atoms with van der Waals surface area (Å²) in [5.41, 5.74) is 6.59. The molecule has 654 valence electrons. The lowest BCUT2D eigenvalue weighted by Crippen LogP contribution is -2.63. The van der Waals surface area contributed by atoms with Gasteiger partial charge in [-0.1, -0.05) is 109 Å². The summed E-state index contributed by atoms with van der Waals surface area (Å²) in [5, 5.41) is 42.5. The van der Waals surface area contributed by atoms with Gasteiger partial charge in [0.15, 0.2) is 16.9 Å². The fourth-order valence-electron chi connectivity index (χ4n) is 17.8. The Kier molecular flexibility index (Phi) is 25.3. The van der Waals surface area contributed by atoms with Gasteiger partial charge in [0, 0.05) is 115 Å². The molecule has 3 aromatic carbocycles. The van der Waals surface area contributed by atoms with Crippen LogP contribution in [0, 0.1) is 47.1 Å². The number of rotatable bonds is 12. The molecule has 123 heavy (non-hydrogen) atoms. The van der Waals surface area contributed by atoms with Gasteiger partial charge < -0.3 is 44.7 Å². The number of aliphatic carboxylic acids is 3. The summed E-state index contributed by atoms with van der Waals surface area (Å²) in [6.07, 6.45) is 10.1. The van der Waals surface area contributed by atoms with Gasteiger partial charge in [0.05, 0.1) is 80.1 Å². The van der Waals surface area contributed by atoms with Crippen LogP contribution in [-0.2, 0) is 45.0 Å². The average Bonchev–Trinajstić information content (AvgIpc) is 1.61. The number of carboxylic acid groups (broad SMARTS) is 3. The summed E-state index contributed by atoms with van der Waals surface area (Å²) in [7, 11) is 0. The molecule has 6 amide bonds. The fourth-order valence-corrected chi connectivity index (χ4v) is 18.3. The van der Waals surface area contributed by atoms with Gasteiger partial charge in [0.1, 0.15) is 28.7 Å². The molecule has 0 atom stereocenters. The Hall–Kier alpha value is -10.5. The lowest BCUT2D eigenvalue weighted by atomic mass is 9.74. The predicted molar refractivity (Wildman–Crippen MR) is 461 cm³/mol. The highest BCUT2D eigenvalue weighted by Crippen LogP contribution is 2.41. The van der Waals surface area contributed by atoms with E-state index in [1.54, 1.807) is 63.9 Å². The number of carbonyl (C=O) groups is 9. The number of piperazine rings is 3. The first-order valence-corrected chi connectivity index (χ1v) is 43.1. The topological polar surface area (TPSA) is 324 Å². The van der Waals surface area contributed by atoms with Crippen LogP contribution in [0.4, 0.5) is 8.78 Å². The number of halogens is 5. The van der Waals surface area contributed by atoms with Crippen molar-refractivity contribution in [2.45, 2.75) is 201 Å². The number of hydrogen-bond acceptors (Lipinski definition) is 15. The molecule has 6 aliphatic rings. The van der Waals surface area contributed by atoms with Crippen molar-refractivity contribution in [3.05, 3.63) is 158 Å². The SMILES string of the molecule is CC(C)(C)c1cc(-c2ccc(Cl)cc2)nn2cc(C(=O)N3CCN(C(=O)C4CC(C(=O)O)C4)CC3(C)C)nc12.CC(C)(C)c1cc(-c2ccc(F)c(Cl)c2)nn2cc(C(=O)N3CCN(C(=O)C4CCC(C(=O)O)CC4)CC3(C)C)nc12.CC(C)(C)c1cc(-c2ccc(F)c(Cl)c2)nn2cc(C(=O)N3CCN(C(=O)C4CCC(C(=O)O)CC4)CC3(C)C)nc12. The second-order valence-corrected chi connectivity index (χ2v) is 39.8. The van der Waals surface area contributed by atoms with E-state index in [0.29, 0.717) is 173 Å². The molecule has 3 N–H and O–H groups in total. The van der Waals surface area contributed by atoms with Gasteiger partial charge in [-0.15, -0.1) is 0 Å². The molecule has 0 unspecified atom stereocenters. The molecular weight excluding hydrogens is 1640 g/mol. The Bertz CT molecular complexity index is 5410. The summed E-state index contributed by atoms with van der Waals surface area (Å²) >= 11 is 18.2. The summed E-state index contributed by atoms with van der Waals surface area (Å²) in [6, 6.07) is 22.2. The fraction of sp³-hybridized carbons (Fsp3) is 0.505. The summed E-state index contributed by atoms with van der Waals surface area (Å²) in [5.74, 6) is -5.86. The van der Waals surface area contributed by atoms with Crippen molar-refractivity contribution in [3.8, 4) is 33.8 Å². The van der Waals surface area contributed by atoms with Crippen LogP contribution in [0.1, 0.15) is 216 Å². The molecule has 0 spiro atoms. The van der Waals surface area contributed by atoms with E-state index in [-0.39, 0.29) is 103 Å². The van der Waals surface area contributed by atoms with Crippen molar-refractivity contribution in [2.75, 3.05) is 58.9 Å². The third kappa shape index (κ3) is 19.2. The van der Waals surface area contributed by atoms with E-state index in [0.717, 1.165) is 27.9 Å². The highest BCUT2D eigenvalue weighted by molar-refractivity contribution is 6.31. The second-order valence-electron chi connectivity index (χ2n) is 38.6. The molecule has 3 aliphatic carbocycles. The van der Waals surface area contributed by atoms with Crippen LogP contribution in [0.5, 0.6) is 0 Å². The maximum Gasteiger partial charge on any atom is 0.306 e. The lowest BCUT2D eigenvalue weighted by Gasteiger charge is -2.48. The number of carboxylic acids is 3. The van der Waals surface area contributed by atoms with Crippen molar-refractivity contribution < 1.29 is 67.3 Å². The second kappa shape index (κ2) is 34.5. The van der Waals surface area contributed by atoms with Crippen LogP contribution in [-0.4, -0.2) is 217 Å². The summed E-state index contributed by atoms with van der Waals surface area (Å²) in [6.45, 7) is 33.7. The first-order valence-electron chi connectivity index (χ1n) is 42.0. The number of benzene rings is 3. The molecule has 3 aliphatic heterocycles. The van der Waals surface area contributed by atoms with E-state index in [4.69, 9.17) is 70.2 Å². The minimum Gasteiger partial charge on any atom is -0.481 e. The van der Waals surface area contributed by atoms with E-state index in [9.17, 15) is 62.1 Å². The smallest absolute Gasteiger partial charge is 0.306 e. The third-order valence-corrected chi connectivity index (χ3v) is 25.8. The van der Waals surface area contributed by atoms with Crippen LogP contribution in [0.3, 0.4) is 0 Å². The number of fused-ring (bicyclic) bond motifs is 3. The first kappa shape index (κ1) is 90.2. The summed E-state index contributed by atoms with van der Waals surface area (Å²) < 4.78 is 32.5. The third-order valence-electron chi connectivity index (χ3n) is 25.0. The largest absolute Gasteiger partial charge is 0.481 e. The number of imidazole rings is 3. The van der Waals surface area contributed by atoms with E-state index in [1.165, 1.54) is 24.3 Å². The molecule has 32 heteroatoms. The van der Waals surface area contributed by atoms with Crippen LogP contribution in [0.2, 0.25) is 15.1 Å². The Morgan fingerprint density at radius 1 is 0.374 bits per heavy atom. The van der Waals surface area contributed by atoms with Crippen LogP contribution >= 0.6 is 34.8 Å². The zero-order valence-electron chi connectivity index (χ0n) is 72.3. The number of carbonyl (C=O) groups excluding carboxylic acids is 6. The van der Waals surface area contributed by atoms with Gasteiger partial charge in [0.2, 0.25) is 17.7 Å². The average molecular weight is 1750 g/mol. The number of aromatic nitrogens is 9. The molecule has 9 aromatic rings. The van der Waals surface area contributed by atoms with Gasteiger partial charge >= 0.3 is 17.9 Å². The Labute approximate surface area is 728 Å². The maximum absolute atomic E-state index is 13.9. The number of nitrogens with zero attached hydrogens (tertiary/aromatic N) is 15. The van der Waals surface area contributed by atoms with Gasteiger partial charge in [-0.25, -0.2) is 37.3 Å². The normalized spacial score (nSPS) is 21.0. The Balaban J connectivity index is 0.000000159. The van der Waals surface area contributed by atoms with Gasteiger partial charge in [-0.3, -0.25) is 43.2 Å². The highest BCUT2D eigenvalue weighted by atomic mass is 35.5. The van der Waals surface area contributed by atoms with Crippen LogP contribution < -0.4 is 0 Å². The van der Waals surface area contributed by atoms with Crippen molar-refractivity contribution in [1.82, 2.24) is 73.2 Å². The highest BCUT2D eigenvalue weighted by Gasteiger charge is 2.48. The van der Waals surface area contributed by atoms with E-state index in [1.807, 2.05) is 135 Å². The monoisotopic (exact) mass is 1750 g/mol. The van der Waals surface area contributed by atoms with Crippen LogP contribution in [0.25, 0.3) is 50.7 Å². The summed E-state index contributed by atoms with van der Waals surface area (Å²) in [4.78, 5) is 140. The molecule has 0 bridgehead atoms. The lowest BCUT2D eigenvalue weighted by molar-refractivity contribution is -0.153. The minimum absolute atomic E-state index is 0.000927. The van der Waals surface area contributed by atoms with Crippen molar-refractivity contribution in [2.24, 2.45) is 35.5 Å². The molecule has 3 saturated heterocycles. The van der Waals surface area contributed by atoms with Gasteiger partial charge in [-0.2, -0.15) is 15.3 Å². The molecule has 6 aromatic heterocycles. The molecule has 3 saturated carbocycles. The van der Waals surface area contributed by atoms with E-state index < -0.39 is 52.1 Å². The van der Waals surface area contributed by atoms with Crippen molar-refractivity contribution in [1.29, 1.82) is 0 Å². The van der Waals surface area contributed by atoms with Crippen molar-refractivity contribution in [3.63, 3.8) is 0 Å². The minimum atomic E-state index is -0.841. The first-order chi connectivity index (χ1) is 57.5. The maximum atomic E-state index is 13.9. The molecule has 9 heterocycles. The number of hydrogen-bond donors (Lipinski definition) is 3. The van der Waals surface area contributed by atoms with Crippen LogP contribution in [0.15, 0.2) is 97.5 Å². The molecular formula is C91H108Cl3F2N15O12.